The molecule has 102 valence electrons. The van der Waals surface area contributed by atoms with Gasteiger partial charge in [-0.05, 0) is 44.8 Å². The standard InChI is InChI=1S/C15H12BrFN2O/c16-14-10(2-1-3-11(14)17)15(18)8-4-5-12-9(6-8)7-13(20)19-12/h1-6,15H,7,18H2,(H,19,20). The maximum atomic E-state index is 13.6. The number of nitrogens with one attached hydrogen (secondary N) is 1. The zero-order valence-corrected chi connectivity index (χ0v) is 12.1. The van der Waals surface area contributed by atoms with Crippen LogP contribution in [-0.4, -0.2) is 5.91 Å². The number of hydrogen-bond donors (Lipinski definition) is 2. The Morgan fingerprint density at radius 3 is 2.90 bits per heavy atom. The highest BCUT2D eigenvalue weighted by Gasteiger charge is 2.20. The fourth-order valence-corrected chi connectivity index (χ4v) is 2.89. The lowest BCUT2D eigenvalue weighted by Gasteiger charge is -2.15. The molecule has 3 nitrogen and oxygen atoms in total. The van der Waals surface area contributed by atoms with Crippen LogP contribution in [0.4, 0.5) is 10.1 Å². The van der Waals surface area contributed by atoms with Crippen LogP contribution in [0, 0.1) is 5.82 Å². The van der Waals surface area contributed by atoms with Gasteiger partial charge < -0.3 is 11.1 Å². The minimum atomic E-state index is -0.443. The third-order valence-corrected chi connectivity index (χ3v) is 4.27. The Bertz CT molecular complexity index is 702. The Hall–Kier alpha value is -1.72. The molecule has 1 amide bonds. The number of halogens is 2. The molecule has 0 aromatic heterocycles. The van der Waals surface area contributed by atoms with E-state index in [0.29, 0.717) is 16.5 Å². The zero-order valence-electron chi connectivity index (χ0n) is 10.5. The van der Waals surface area contributed by atoms with E-state index in [-0.39, 0.29) is 11.7 Å². The van der Waals surface area contributed by atoms with Crippen molar-refractivity contribution in [2.24, 2.45) is 5.73 Å². The summed E-state index contributed by atoms with van der Waals surface area (Å²) in [6.45, 7) is 0. The molecule has 20 heavy (non-hydrogen) atoms. The van der Waals surface area contributed by atoms with E-state index in [1.54, 1.807) is 12.1 Å². The van der Waals surface area contributed by atoms with Crippen LogP contribution in [-0.2, 0) is 11.2 Å². The van der Waals surface area contributed by atoms with Crippen molar-refractivity contribution in [1.82, 2.24) is 0 Å². The molecule has 0 spiro atoms. The second-order valence-electron chi connectivity index (χ2n) is 4.76. The molecule has 1 aliphatic rings. The number of carbonyl (C=O) groups excluding carboxylic acids is 1. The first-order chi connectivity index (χ1) is 9.56. The molecule has 1 heterocycles. The maximum Gasteiger partial charge on any atom is 0.228 e. The van der Waals surface area contributed by atoms with Gasteiger partial charge in [-0.1, -0.05) is 24.3 Å². The molecule has 0 bridgehead atoms. The lowest BCUT2D eigenvalue weighted by atomic mass is 9.97. The summed E-state index contributed by atoms with van der Waals surface area (Å²) in [5.74, 6) is -0.353. The van der Waals surface area contributed by atoms with Gasteiger partial charge in [-0.2, -0.15) is 0 Å². The third kappa shape index (κ3) is 2.23. The minimum Gasteiger partial charge on any atom is -0.326 e. The van der Waals surface area contributed by atoms with Gasteiger partial charge in [0, 0.05) is 5.69 Å². The van der Waals surface area contributed by atoms with Gasteiger partial charge in [-0.25, -0.2) is 4.39 Å². The number of amides is 1. The minimum absolute atomic E-state index is 0.0161. The fraction of sp³-hybridized carbons (Fsp3) is 0.133. The first-order valence-electron chi connectivity index (χ1n) is 6.18. The Balaban J connectivity index is 1.99. The van der Waals surface area contributed by atoms with Crippen molar-refractivity contribution < 1.29 is 9.18 Å². The SMILES string of the molecule is NC(c1ccc2c(c1)CC(=O)N2)c1cccc(F)c1Br. The van der Waals surface area contributed by atoms with Crippen molar-refractivity contribution in [3.05, 3.63) is 63.4 Å². The Kier molecular flexibility index (Phi) is 3.31. The van der Waals surface area contributed by atoms with E-state index in [1.165, 1.54) is 6.07 Å². The molecule has 0 saturated carbocycles. The Morgan fingerprint density at radius 2 is 2.10 bits per heavy atom. The van der Waals surface area contributed by atoms with E-state index in [2.05, 4.69) is 21.2 Å². The molecule has 2 aromatic rings. The highest BCUT2D eigenvalue weighted by Crippen LogP contribution is 2.32. The fourth-order valence-electron chi connectivity index (χ4n) is 2.38. The Labute approximate surface area is 124 Å². The highest BCUT2D eigenvalue weighted by molar-refractivity contribution is 9.10. The maximum absolute atomic E-state index is 13.6. The van der Waals surface area contributed by atoms with Crippen LogP contribution in [0.15, 0.2) is 40.9 Å². The predicted octanol–water partition coefficient (Wildman–Crippen LogP) is 3.13. The molecule has 1 atom stereocenters. The highest BCUT2D eigenvalue weighted by atomic mass is 79.9. The number of rotatable bonds is 2. The summed E-state index contributed by atoms with van der Waals surface area (Å²) in [5, 5.41) is 2.77. The number of anilines is 1. The largest absolute Gasteiger partial charge is 0.326 e. The van der Waals surface area contributed by atoms with E-state index in [0.717, 1.165) is 16.8 Å². The summed E-state index contributed by atoms with van der Waals surface area (Å²) in [6, 6.07) is 9.94. The second-order valence-corrected chi connectivity index (χ2v) is 5.56. The molecule has 1 unspecified atom stereocenters. The molecule has 1 aliphatic heterocycles. The normalized spacial score (nSPS) is 14.8. The third-order valence-electron chi connectivity index (χ3n) is 3.43. The molecule has 0 radical (unpaired) electrons. The lowest BCUT2D eigenvalue weighted by Crippen LogP contribution is -2.13. The van der Waals surface area contributed by atoms with Crippen molar-refractivity contribution >= 4 is 27.5 Å². The van der Waals surface area contributed by atoms with E-state index in [1.807, 2.05) is 18.2 Å². The zero-order chi connectivity index (χ0) is 14.3. The summed E-state index contributed by atoms with van der Waals surface area (Å²) >= 11 is 3.23. The summed E-state index contributed by atoms with van der Waals surface area (Å²) in [6.07, 6.45) is 0.361. The second kappa shape index (κ2) is 5.00. The Morgan fingerprint density at radius 1 is 1.30 bits per heavy atom. The van der Waals surface area contributed by atoms with E-state index in [9.17, 15) is 9.18 Å². The molecule has 2 aromatic carbocycles. The first-order valence-corrected chi connectivity index (χ1v) is 6.97. The molecule has 3 N–H and O–H groups in total. The summed E-state index contributed by atoms with van der Waals surface area (Å²) in [4.78, 5) is 11.4. The van der Waals surface area contributed by atoms with Gasteiger partial charge >= 0.3 is 0 Å². The number of carbonyl (C=O) groups is 1. The van der Waals surface area contributed by atoms with Crippen LogP contribution in [0.3, 0.4) is 0 Å². The van der Waals surface area contributed by atoms with Gasteiger partial charge in [0.2, 0.25) is 5.91 Å². The van der Waals surface area contributed by atoms with Gasteiger partial charge in [0.15, 0.2) is 0 Å². The topological polar surface area (TPSA) is 55.1 Å². The molecular formula is C15H12BrFN2O. The summed E-state index contributed by atoms with van der Waals surface area (Å²) in [5.41, 5.74) is 9.50. The van der Waals surface area contributed by atoms with Crippen molar-refractivity contribution in [2.75, 3.05) is 5.32 Å². The van der Waals surface area contributed by atoms with Crippen LogP contribution in [0.25, 0.3) is 0 Å². The van der Waals surface area contributed by atoms with Crippen LogP contribution < -0.4 is 11.1 Å². The van der Waals surface area contributed by atoms with Crippen LogP contribution in [0.5, 0.6) is 0 Å². The smallest absolute Gasteiger partial charge is 0.228 e. The molecular weight excluding hydrogens is 323 g/mol. The summed E-state index contributed by atoms with van der Waals surface area (Å²) < 4.78 is 13.9. The first kappa shape index (κ1) is 13.3. The van der Waals surface area contributed by atoms with Crippen molar-refractivity contribution in [1.29, 1.82) is 0 Å². The molecule has 5 heteroatoms. The number of nitrogens with two attached hydrogens (primary N) is 1. The van der Waals surface area contributed by atoms with E-state index in [4.69, 9.17) is 5.73 Å². The van der Waals surface area contributed by atoms with Crippen LogP contribution in [0.1, 0.15) is 22.7 Å². The lowest BCUT2D eigenvalue weighted by molar-refractivity contribution is -0.115. The van der Waals surface area contributed by atoms with Gasteiger partial charge in [0.1, 0.15) is 5.82 Å². The number of benzene rings is 2. The van der Waals surface area contributed by atoms with Crippen molar-refractivity contribution in [3.63, 3.8) is 0 Å². The average molecular weight is 335 g/mol. The molecule has 3 rings (SSSR count). The number of hydrogen-bond acceptors (Lipinski definition) is 2. The van der Waals surface area contributed by atoms with E-state index < -0.39 is 6.04 Å². The monoisotopic (exact) mass is 334 g/mol. The average Bonchev–Trinajstić information content (AvgIpc) is 2.80. The molecule has 0 fully saturated rings. The molecule has 0 aliphatic carbocycles. The van der Waals surface area contributed by atoms with Crippen LogP contribution in [0.2, 0.25) is 0 Å². The van der Waals surface area contributed by atoms with Gasteiger partial charge in [0.05, 0.1) is 16.9 Å². The van der Waals surface area contributed by atoms with Gasteiger partial charge in [-0.3, -0.25) is 4.79 Å². The number of fused-ring (bicyclic) bond motifs is 1. The predicted molar refractivity (Wildman–Crippen MR) is 78.9 cm³/mol. The molecule has 0 saturated heterocycles. The van der Waals surface area contributed by atoms with E-state index >= 15 is 0 Å². The van der Waals surface area contributed by atoms with Crippen LogP contribution >= 0.6 is 15.9 Å². The van der Waals surface area contributed by atoms with Gasteiger partial charge in [-0.15, -0.1) is 0 Å². The van der Waals surface area contributed by atoms with Crippen molar-refractivity contribution in [3.8, 4) is 0 Å². The quantitative estimate of drug-likeness (QED) is 0.886. The van der Waals surface area contributed by atoms with Crippen molar-refractivity contribution in [2.45, 2.75) is 12.5 Å². The summed E-state index contributed by atoms with van der Waals surface area (Å²) in [7, 11) is 0. The van der Waals surface area contributed by atoms with Gasteiger partial charge in [0.25, 0.3) is 0 Å².